The van der Waals surface area contributed by atoms with Crippen LogP contribution in [-0.2, 0) is 11.3 Å². The Bertz CT molecular complexity index is 514. The first-order chi connectivity index (χ1) is 9.60. The Morgan fingerprint density at radius 2 is 2.20 bits per heavy atom. The van der Waals surface area contributed by atoms with E-state index in [0.717, 1.165) is 24.4 Å². The lowest BCUT2D eigenvalue weighted by Gasteiger charge is -2.20. The maximum Gasteiger partial charge on any atom is 0.221 e. The normalized spacial score (nSPS) is 16.4. The quantitative estimate of drug-likeness (QED) is 0.840. The molecule has 0 unspecified atom stereocenters. The molecule has 5 nitrogen and oxygen atoms in total. The first-order valence-corrected chi connectivity index (χ1v) is 6.77. The fourth-order valence-corrected chi connectivity index (χ4v) is 2.33. The van der Waals surface area contributed by atoms with Gasteiger partial charge in [-0.3, -0.25) is 14.5 Å². The Hall–Kier alpha value is -1.88. The van der Waals surface area contributed by atoms with E-state index in [0.29, 0.717) is 25.1 Å². The van der Waals surface area contributed by atoms with Gasteiger partial charge in [0.2, 0.25) is 5.91 Å². The van der Waals surface area contributed by atoms with Crippen LogP contribution in [0.15, 0.2) is 18.2 Å². The van der Waals surface area contributed by atoms with Crippen molar-refractivity contribution in [3.63, 3.8) is 0 Å². The number of rotatable bonds is 4. The van der Waals surface area contributed by atoms with Crippen LogP contribution in [0.4, 0.5) is 0 Å². The summed E-state index contributed by atoms with van der Waals surface area (Å²) < 4.78 is 5.35. The van der Waals surface area contributed by atoms with Crippen molar-refractivity contribution in [2.24, 2.45) is 0 Å². The fourth-order valence-electron chi connectivity index (χ4n) is 2.33. The summed E-state index contributed by atoms with van der Waals surface area (Å²) in [5.41, 5.74) is 1.67. The summed E-state index contributed by atoms with van der Waals surface area (Å²) in [6.45, 7) is 4.42. The monoisotopic (exact) mass is 276 g/mol. The molecule has 1 N–H and O–H groups in total. The molecule has 5 heteroatoms. The van der Waals surface area contributed by atoms with Gasteiger partial charge in [0.25, 0.3) is 0 Å². The molecule has 0 radical (unpaired) electrons. The lowest BCUT2D eigenvalue weighted by Crippen LogP contribution is -2.28. The smallest absolute Gasteiger partial charge is 0.221 e. The molecule has 20 heavy (non-hydrogen) atoms. The van der Waals surface area contributed by atoms with Crippen molar-refractivity contribution < 1.29 is 14.3 Å². The number of ketones is 1. The minimum atomic E-state index is 0.0432. The van der Waals surface area contributed by atoms with Crippen molar-refractivity contribution >= 4 is 11.7 Å². The predicted octanol–water partition coefficient (Wildman–Crippen LogP) is 1.22. The maximum absolute atomic E-state index is 11.5. The van der Waals surface area contributed by atoms with E-state index in [1.807, 2.05) is 12.1 Å². The van der Waals surface area contributed by atoms with Crippen LogP contribution in [0.3, 0.4) is 0 Å². The Morgan fingerprint density at radius 3 is 2.90 bits per heavy atom. The molecule has 0 aromatic heterocycles. The van der Waals surface area contributed by atoms with Crippen molar-refractivity contribution in [3.8, 4) is 5.75 Å². The van der Waals surface area contributed by atoms with E-state index in [1.165, 1.54) is 0 Å². The second kappa shape index (κ2) is 6.52. The van der Waals surface area contributed by atoms with Gasteiger partial charge in [-0.1, -0.05) is 0 Å². The number of amides is 1. The van der Waals surface area contributed by atoms with E-state index in [2.05, 4.69) is 10.2 Å². The average molecular weight is 276 g/mol. The third kappa shape index (κ3) is 3.57. The van der Waals surface area contributed by atoms with Gasteiger partial charge in [0.15, 0.2) is 5.78 Å². The van der Waals surface area contributed by atoms with Crippen molar-refractivity contribution in [2.45, 2.75) is 19.9 Å². The van der Waals surface area contributed by atoms with Gasteiger partial charge in [-0.25, -0.2) is 0 Å². The number of hydrogen-bond acceptors (Lipinski definition) is 4. The van der Waals surface area contributed by atoms with Crippen LogP contribution in [0.1, 0.15) is 29.3 Å². The van der Waals surface area contributed by atoms with Gasteiger partial charge in [-0.2, -0.15) is 0 Å². The van der Waals surface area contributed by atoms with Crippen LogP contribution in [0.25, 0.3) is 0 Å². The lowest BCUT2D eigenvalue weighted by molar-refractivity contribution is -0.120. The Labute approximate surface area is 118 Å². The molecule has 0 atom stereocenters. The Balaban J connectivity index is 2.16. The highest BCUT2D eigenvalue weighted by molar-refractivity contribution is 5.94. The molecule has 108 valence electrons. The minimum absolute atomic E-state index is 0.0432. The number of Topliss-reactive ketones (excluding diaryl/α,β-unsaturated/α-hetero) is 1. The van der Waals surface area contributed by atoms with E-state index in [4.69, 9.17) is 4.74 Å². The molecular formula is C15H20N2O3. The predicted molar refractivity (Wildman–Crippen MR) is 75.9 cm³/mol. The first-order valence-electron chi connectivity index (χ1n) is 6.77. The standard InChI is InChI=1S/C15H20N2O3/c1-11(18)12-3-4-14(20-2)13(9-12)10-17-7-5-15(19)16-6-8-17/h3-4,9H,5-8,10H2,1-2H3,(H,16,19). The molecule has 1 saturated heterocycles. The topological polar surface area (TPSA) is 58.6 Å². The number of nitrogens with one attached hydrogen (secondary N) is 1. The molecule has 1 aliphatic heterocycles. The highest BCUT2D eigenvalue weighted by Crippen LogP contribution is 2.22. The third-order valence-electron chi connectivity index (χ3n) is 3.49. The van der Waals surface area contributed by atoms with Gasteiger partial charge in [0.1, 0.15) is 5.75 Å². The second-order valence-corrected chi connectivity index (χ2v) is 4.96. The molecule has 1 aliphatic rings. The number of nitrogens with zero attached hydrogens (tertiary/aromatic N) is 1. The summed E-state index contributed by atoms with van der Waals surface area (Å²) in [5, 5.41) is 2.85. The zero-order chi connectivity index (χ0) is 14.5. The summed E-state index contributed by atoms with van der Waals surface area (Å²) >= 11 is 0. The minimum Gasteiger partial charge on any atom is -0.496 e. The first kappa shape index (κ1) is 14.5. The molecule has 0 saturated carbocycles. The number of methoxy groups -OCH3 is 1. The Kier molecular flexibility index (Phi) is 4.74. The van der Waals surface area contributed by atoms with Crippen molar-refractivity contribution in [2.75, 3.05) is 26.7 Å². The largest absolute Gasteiger partial charge is 0.496 e. The van der Waals surface area contributed by atoms with Crippen LogP contribution in [0, 0.1) is 0 Å². The summed E-state index contributed by atoms with van der Waals surface area (Å²) in [5.74, 6) is 0.914. The van der Waals surface area contributed by atoms with Crippen LogP contribution in [0.2, 0.25) is 0 Å². The zero-order valence-electron chi connectivity index (χ0n) is 11.9. The molecule has 2 rings (SSSR count). The van der Waals surface area contributed by atoms with Crippen molar-refractivity contribution in [1.82, 2.24) is 10.2 Å². The maximum atomic E-state index is 11.5. The average Bonchev–Trinajstić information content (AvgIpc) is 2.63. The number of hydrogen-bond donors (Lipinski definition) is 1. The van der Waals surface area contributed by atoms with Crippen LogP contribution in [0.5, 0.6) is 5.75 Å². The van der Waals surface area contributed by atoms with Crippen LogP contribution < -0.4 is 10.1 Å². The molecule has 0 bridgehead atoms. The van der Waals surface area contributed by atoms with Gasteiger partial charge in [-0.15, -0.1) is 0 Å². The fraction of sp³-hybridized carbons (Fsp3) is 0.467. The molecule has 1 aromatic carbocycles. The second-order valence-electron chi connectivity index (χ2n) is 4.96. The van der Waals surface area contributed by atoms with Gasteiger partial charge in [0.05, 0.1) is 7.11 Å². The molecule has 0 aliphatic carbocycles. The number of carbonyl (C=O) groups is 2. The Morgan fingerprint density at radius 1 is 1.40 bits per heavy atom. The number of carbonyl (C=O) groups excluding carboxylic acids is 2. The van der Waals surface area contributed by atoms with Crippen molar-refractivity contribution in [1.29, 1.82) is 0 Å². The summed E-state index contributed by atoms with van der Waals surface area (Å²) in [7, 11) is 1.62. The molecule has 1 aromatic rings. The van der Waals surface area contributed by atoms with E-state index in [-0.39, 0.29) is 11.7 Å². The number of ether oxygens (including phenoxy) is 1. The SMILES string of the molecule is COc1ccc(C(C)=O)cc1CN1CCNC(=O)CC1. The zero-order valence-corrected chi connectivity index (χ0v) is 11.9. The molecule has 1 amide bonds. The van der Waals surface area contributed by atoms with E-state index in [1.54, 1.807) is 20.1 Å². The molecule has 0 spiro atoms. The lowest BCUT2D eigenvalue weighted by atomic mass is 10.1. The van der Waals surface area contributed by atoms with E-state index < -0.39 is 0 Å². The third-order valence-corrected chi connectivity index (χ3v) is 3.49. The van der Waals surface area contributed by atoms with Gasteiger partial charge < -0.3 is 10.1 Å². The highest BCUT2D eigenvalue weighted by Gasteiger charge is 2.16. The van der Waals surface area contributed by atoms with Crippen LogP contribution >= 0.6 is 0 Å². The van der Waals surface area contributed by atoms with Gasteiger partial charge in [-0.05, 0) is 25.1 Å². The summed E-state index contributed by atoms with van der Waals surface area (Å²) in [4.78, 5) is 25.0. The van der Waals surface area contributed by atoms with Crippen molar-refractivity contribution in [3.05, 3.63) is 29.3 Å². The van der Waals surface area contributed by atoms with Gasteiger partial charge in [0, 0.05) is 43.7 Å². The highest BCUT2D eigenvalue weighted by atomic mass is 16.5. The van der Waals surface area contributed by atoms with E-state index >= 15 is 0 Å². The van der Waals surface area contributed by atoms with Gasteiger partial charge >= 0.3 is 0 Å². The summed E-state index contributed by atoms with van der Waals surface area (Å²) in [6.07, 6.45) is 0.509. The van der Waals surface area contributed by atoms with Crippen LogP contribution in [-0.4, -0.2) is 43.3 Å². The number of benzene rings is 1. The molecule has 1 heterocycles. The summed E-state index contributed by atoms with van der Waals surface area (Å²) in [6, 6.07) is 5.48. The molecular weight excluding hydrogens is 256 g/mol. The van der Waals surface area contributed by atoms with E-state index in [9.17, 15) is 9.59 Å². The molecule has 1 fully saturated rings.